The Morgan fingerprint density at radius 1 is 0.826 bits per heavy atom. The average molecular weight is 322 g/mol. The lowest BCUT2D eigenvalue weighted by Crippen LogP contribution is -2.37. The SMILES string of the molecule is CCCCCCCCCCCCc1n(C(C)C)cc[n+]1CCC. The van der Waals surface area contributed by atoms with Crippen molar-refractivity contribution in [3.05, 3.63) is 18.2 Å². The number of imidazole rings is 1. The van der Waals surface area contributed by atoms with E-state index in [-0.39, 0.29) is 0 Å². The van der Waals surface area contributed by atoms with E-state index in [0.717, 1.165) is 6.54 Å². The van der Waals surface area contributed by atoms with Crippen molar-refractivity contribution in [2.75, 3.05) is 0 Å². The molecule has 2 heteroatoms. The highest BCUT2D eigenvalue weighted by Gasteiger charge is 2.18. The number of aromatic nitrogens is 2. The summed E-state index contributed by atoms with van der Waals surface area (Å²) in [4.78, 5) is 0. The summed E-state index contributed by atoms with van der Waals surface area (Å²) >= 11 is 0. The van der Waals surface area contributed by atoms with Crippen LogP contribution in [-0.2, 0) is 13.0 Å². The number of aryl methyl sites for hydroxylation is 1. The topological polar surface area (TPSA) is 8.81 Å². The van der Waals surface area contributed by atoms with Gasteiger partial charge in [0, 0.05) is 6.42 Å². The van der Waals surface area contributed by atoms with E-state index >= 15 is 0 Å². The largest absolute Gasteiger partial charge is 0.256 e. The molecule has 0 aliphatic carbocycles. The zero-order valence-corrected chi connectivity index (χ0v) is 16.3. The quantitative estimate of drug-likeness (QED) is 0.284. The van der Waals surface area contributed by atoms with Crippen molar-refractivity contribution in [2.24, 2.45) is 0 Å². The number of unbranched alkanes of at least 4 members (excludes halogenated alkanes) is 9. The minimum Gasteiger partial charge on any atom is -0.234 e. The summed E-state index contributed by atoms with van der Waals surface area (Å²) in [6, 6.07) is 0.575. The summed E-state index contributed by atoms with van der Waals surface area (Å²) in [5.41, 5.74) is 0. The Morgan fingerprint density at radius 2 is 1.39 bits per heavy atom. The Kier molecular flexibility index (Phi) is 11.1. The van der Waals surface area contributed by atoms with Gasteiger partial charge in [-0.1, -0.05) is 71.6 Å². The van der Waals surface area contributed by atoms with Gasteiger partial charge in [0.25, 0.3) is 5.82 Å². The van der Waals surface area contributed by atoms with Gasteiger partial charge in [-0.25, -0.2) is 9.13 Å². The minimum atomic E-state index is 0.575. The number of rotatable bonds is 14. The molecule has 0 unspecified atom stereocenters. The van der Waals surface area contributed by atoms with Crippen LogP contribution in [0.5, 0.6) is 0 Å². The van der Waals surface area contributed by atoms with Crippen LogP contribution in [0.2, 0.25) is 0 Å². The van der Waals surface area contributed by atoms with Crippen LogP contribution >= 0.6 is 0 Å². The first-order valence-corrected chi connectivity index (χ1v) is 10.3. The smallest absolute Gasteiger partial charge is 0.234 e. The van der Waals surface area contributed by atoms with Gasteiger partial charge in [0.2, 0.25) is 0 Å². The fourth-order valence-electron chi connectivity index (χ4n) is 3.43. The second kappa shape index (κ2) is 12.6. The molecule has 134 valence electrons. The predicted octanol–water partition coefficient (Wildman–Crippen LogP) is 6.23. The number of hydrogen-bond donors (Lipinski definition) is 0. The van der Waals surface area contributed by atoms with E-state index in [1.807, 2.05) is 0 Å². The molecular formula is C21H41N2+. The monoisotopic (exact) mass is 321 g/mol. The fourth-order valence-corrected chi connectivity index (χ4v) is 3.43. The van der Waals surface area contributed by atoms with Crippen LogP contribution in [0.1, 0.15) is 110 Å². The zero-order valence-electron chi connectivity index (χ0n) is 16.3. The first-order valence-electron chi connectivity index (χ1n) is 10.3. The van der Waals surface area contributed by atoms with Crippen molar-refractivity contribution in [3.8, 4) is 0 Å². The molecule has 2 nitrogen and oxygen atoms in total. The van der Waals surface area contributed by atoms with Gasteiger partial charge in [-0.05, 0) is 26.7 Å². The molecule has 23 heavy (non-hydrogen) atoms. The summed E-state index contributed by atoms with van der Waals surface area (Å²) in [6.07, 6.45) is 21.2. The normalized spacial score (nSPS) is 11.5. The van der Waals surface area contributed by atoms with Crippen LogP contribution in [0.4, 0.5) is 0 Å². The number of hydrogen-bond acceptors (Lipinski definition) is 0. The van der Waals surface area contributed by atoms with E-state index in [0.29, 0.717) is 6.04 Å². The molecule has 1 aromatic rings. The lowest BCUT2D eigenvalue weighted by atomic mass is 10.1. The van der Waals surface area contributed by atoms with Crippen LogP contribution in [0.25, 0.3) is 0 Å². The molecular weight excluding hydrogens is 280 g/mol. The second-order valence-electron chi connectivity index (χ2n) is 7.34. The molecule has 0 aliphatic heterocycles. The van der Waals surface area contributed by atoms with E-state index in [4.69, 9.17) is 0 Å². The second-order valence-corrected chi connectivity index (χ2v) is 7.34. The van der Waals surface area contributed by atoms with Crippen molar-refractivity contribution >= 4 is 0 Å². The van der Waals surface area contributed by atoms with Crippen molar-refractivity contribution in [2.45, 2.75) is 117 Å². The Balaban J connectivity index is 2.19. The van der Waals surface area contributed by atoms with Gasteiger partial charge >= 0.3 is 0 Å². The molecule has 0 aromatic carbocycles. The number of nitrogens with zero attached hydrogens (tertiary/aromatic N) is 2. The average Bonchev–Trinajstić information content (AvgIpc) is 2.93. The molecule has 0 fully saturated rings. The van der Waals surface area contributed by atoms with Gasteiger partial charge in [-0.3, -0.25) is 0 Å². The molecule has 0 saturated heterocycles. The summed E-state index contributed by atoms with van der Waals surface area (Å²) in [6.45, 7) is 10.3. The van der Waals surface area contributed by atoms with E-state index in [1.54, 1.807) is 0 Å². The van der Waals surface area contributed by atoms with E-state index in [9.17, 15) is 0 Å². The van der Waals surface area contributed by atoms with Crippen molar-refractivity contribution in [3.63, 3.8) is 0 Å². The minimum absolute atomic E-state index is 0.575. The Labute approximate surface area is 145 Å². The van der Waals surface area contributed by atoms with Crippen LogP contribution < -0.4 is 4.57 Å². The highest BCUT2D eigenvalue weighted by atomic mass is 15.2. The van der Waals surface area contributed by atoms with Crippen LogP contribution in [0.15, 0.2) is 12.4 Å². The third-order valence-electron chi connectivity index (χ3n) is 4.81. The van der Waals surface area contributed by atoms with E-state index < -0.39 is 0 Å². The maximum atomic E-state index is 2.47. The van der Waals surface area contributed by atoms with E-state index in [2.05, 4.69) is 49.2 Å². The molecule has 0 amide bonds. The summed E-state index contributed by atoms with van der Waals surface area (Å²) in [5.74, 6) is 1.53. The predicted molar refractivity (Wildman–Crippen MR) is 101 cm³/mol. The summed E-state index contributed by atoms with van der Waals surface area (Å²) in [5, 5.41) is 0. The molecule has 0 radical (unpaired) electrons. The van der Waals surface area contributed by atoms with Gasteiger partial charge in [-0.15, -0.1) is 0 Å². The Bertz CT molecular complexity index is 393. The van der Waals surface area contributed by atoms with Crippen molar-refractivity contribution < 1.29 is 4.57 Å². The van der Waals surface area contributed by atoms with E-state index in [1.165, 1.54) is 82.9 Å². The Morgan fingerprint density at radius 3 is 1.91 bits per heavy atom. The van der Waals surface area contributed by atoms with Gasteiger partial charge in [0.1, 0.15) is 12.4 Å². The zero-order chi connectivity index (χ0) is 16.9. The molecule has 0 saturated carbocycles. The molecule has 0 spiro atoms. The first kappa shape index (κ1) is 20.3. The molecule has 1 aromatic heterocycles. The highest BCUT2D eigenvalue weighted by molar-refractivity contribution is 4.86. The maximum Gasteiger partial charge on any atom is 0.256 e. The van der Waals surface area contributed by atoms with Gasteiger partial charge < -0.3 is 0 Å². The van der Waals surface area contributed by atoms with Gasteiger partial charge in [0.05, 0.1) is 12.6 Å². The Hall–Kier alpha value is -0.790. The molecule has 0 N–H and O–H groups in total. The third-order valence-corrected chi connectivity index (χ3v) is 4.81. The van der Waals surface area contributed by atoms with Crippen LogP contribution in [0, 0.1) is 0 Å². The highest BCUT2D eigenvalue weighted by Crippen LogP contribution is 2.13. The lowest BCUT2D eigenvalue weighted by molar-refractivity contribution is -0.704. The molecule has 0 bridgehead atoms. The molecule has 0 aliphatic rings. The standard InChI is InChI=1S/C21H41N2/c1-5-7-8-9-10-11-12-13-14-15-16-21-22(17-6-2)18-19-23(21)20(3)4/h18-20H,5-17H2,1-4H3/q+1. The fraction of sp³-hybridized carbons (Fsp3) is 0.857. The molecule has 0 atom stereocenters. The first-order chi connectivity index (χ1) is 11.2. The van der Waals surface area contributed by atoms with Crippen LogP contribution in [0.3, 0.4) is 0 Å². The van der Waals surface area contributed by atoms with Crippen LogP contribution in [-0.4, -0.2) is 4.57 Å². The van der Waals surface area contributed by atoms with Gasteiger partial charge in [-0.2, -0.15) is 0 Å². The third kappa shape index (κ3) is 8.04. The summed E-state index contributed by atoms with van der Waals surface area (Å²) in [7, 11) is 0. The molecule has 1 heterocycles. The van der Waals surface area contributed by atoms with Crippen molar-refractivity contribution in [1.82, 2.24) is 4.57 Å². The lowest BCUT2D eigenvalue weighted by Gasteiger charge is -2.07. The maximum absolute atomic E-state index is 2.47. The molecule has 1 rings (SSSR count). The van der Waals surface area contributed by atoms with Crippen molar-refractivity contribution in [1.29, 1.82) is 0 Å². The summed E-state index contributed by atoms with van der Waals surface area (Å²) < 4.78 is 4.93. The van der Waals surface area contributed by atoms with Gasteiger partial charge in [0.15, 0.2) is 0 Å².